The molecular formula is C30H33BrN2O4. The third-order valence-electron chi connectivity index (χ3n) is 6.58. The van der Waals surface area contributed by atoms with Crippen molar-refractivity contribution in [3.8, 4) is 11.5 Å². The SMILES string of the molecule is CCC(C)NC(=O)C(Cc1ccccc1)N(Cc1cccc(Br)c1)C(=O)CCc1ccc2c(c1)OCO2. The number of nitrogens with zero attached hydrogens (tertiary/aromatic N) is 1. The first-order valence-corrected chi connectivity index (χ1v) is 13.5. The van der Waals surface area contributed by atoms with Gasteiger partial charge in [-0.15, -0.1) is 0 Å². The molecule has 0 saturated heterocycles. The highest BCUT2D eigenvalue weighted by atomic mass is 79.9. The summed E-state index contributed by atoms with van der Waals surface area (Å²) in [4.78, 5) is 29.1. The molecule has 7 heteroatoms. The normalized spacial score (nSPS) is 13.6. The van der Waals surface area contributed by atoms with Crippen LogP contribution in [-0.2, 0) is 29.0 Å². The molecule has 2 amide bonds. The molecule has 0 aromatic heterocycles. The lowest BCUT2D eigenvalue weighted by molar-refractivity contribution is -0.141. The van der Waals surface area contributed by atoms with Gasteiger partial charge in [-0.3, -0.25) is 9.59 Å². The smallest absolute Gasteiger partial charge is 0.243 e. The van der Waals surface area contributed by atoms with E-state index in [0.717, 1.165) is 33.3 Å². The Morgan fingerprint density at radius 1 is 0.946 bits per heavy atom. The summed E-state index contributed by atoms with van der Waals surface area (Å²) in [6.45, 7) is 4.57. The fraction of sp³-hybridized carbons (Fsp3) is 0.333. The zero-order valence-electron chi connectivity index (χ0n) is 21.3. The number of rotatable bonds is 11. The molecule has 1 aliphatic rings. The molecule has 0 radical (unpaired) electrons. The van der Waals surface area contributed by atoms with E-state index in [1.807, 2.05) is 86.6 Å². The summed E-state index contributed by atoms with van der Waals surface area (Å²) in [6.07, 6.45) is 2.06. The Morgan fingerprint density at radius 2 is 1.70 bits per heavy atom. The summed E-state index contributed by atoms with van der Waals surface area (Å²) >= 11 is 3.53. The molecule has 0 bridgehead atoms. The molecule has 1 aliphatic heterocycles. The van der Waals surface area contributed by atoms with Crippen molar-refractivity contribution in [3.63, 3.8) is 0 Å². The van der Waals surface area contributed by atoms with Crippen molar-refractivity contribution in [1.29, 1.82) is 0 Å². The van der Waals surface area contributed by atoms with Crippen LogP contribution in [0.1, 0.15) is 43.4 Å². The second-order valence-electron chi connectivity index (χ2n) is 9.36. The summed E-state index contributed by atoms with van der Waals surface area (Å²) in [5.41, 5.74) is 2.96. The first-order valence-electron chi connectivity index (χ1n) is 12.7. The van der Waals surface area contributed by atoms with Crippen LogP contribution in [0.3, 0.4) is 0 Å². The van der Waals surface area contributed by atoms with Crippen LogP contribution >= 0.6 is 15.9 Å². The quantitative estimate of drug-likeness (QED) is 0.326. The van der Waals surface area contributed by atoms with Gasteiger partial charge in [-0.25, -0.2) is 0 Å². The molecule has 0 aliphatic carbocycles. The van der Waals surface area contributed by atoms with E-state index >= 15 is 0 Å². The highest BCUT2D eigenvalue weighted by Crippen LogP contribution is 2.33. The highest BCUT2D eigenvalue weighted by molar-refractivity contribution is 9.10. The Balaban J connectivity index is 1.60. The molecule has 37 heavy (non-hydrogen) atoms. The number of benzene rings is 3. The fourth-order valence-corrected chi connectivity index (χ4v) is 4.77. The van der Waals surface area contributed by atoms with E-state index in [2.05, 4.69) is 21.2 Å². The van der Waals surface area contributed by atoms with Crippen LogP contribution < -0.4 is 14.8 Å². The predicted molar refractivity (Wildman–Crippen MR) is 147 cm³/mol. The molecule has 2 unspecified atom stereocenters. The van der Waals surface area contributed by atoms with Crippen molar-refractivity contribution < 1.29 is 19.1 Å². The van der Waals surface area contributed by atoms with Gasteiger partial charge in [0.2, 0.25) is 18.6 Å². The van der Waals surface area contributed by atoms with Crippen LogP contribution in [0.4, 0.5) is 0 Å². The Bertz CT molecular complexity index is 1220. The fourth-order valence-electron chi connectivity index (χ4n) is 4.32. The Morgan fingerprint density at radius 3 is 2.46 bits per heavy atom. The lowest BCUT2D eigenvalue weighted by atomic mass is 10.0. The van der Waals surface area contributed by atoms with Gasteiger partial charge in [0.25, 0.3) is 0 Å². The molecule has 3 aromatic carbocycles. The number of amides is 2. The van der Waals surface area contributed by atoms with Gasteiger partial charge in [0.05, 0.1) is 0 Å². The van der Waals surface area contributed by atoms with E-state index < -0.39 is 6.04 Å². The van der Waals surface area contributed by atoms with E-state index in [4.69, 9.17) is 9.47 Å². The Hall–Kier alpha value is -3.32. The molecule has 1 N–H and O–H groups in total. The number of carbonyl (C=O) groups excluding carboxylic acids is 2. The minimum absolute atomic E-state index is 0.0160. The molecule has 4 rings (SSSR count). The molecule has 0 fully saturated rings. The number of hydrogen-bond acceptors (Lipinski definition) is 4. The standard InChI is InChI=1S/C30H33BrN2O4/c1-3-21(2)32-30(35)26(17-22-8-5-4-6-9-22)33(19-24-10-7-11-25(31)16-24)29(34)15-13-23-12-14-27-28(18-23)37-20-36-27/h4-12,14,16,18,21,26H,3,13,15,17,19-20H2,1-2H3,(H,32,35). The first-order chi connectivity index (χ1) is 17.9. The van der Waals surface area contributed by atoms with Crippen molar-refractivity contribution in [2.24, 2.45) is 0 Å². The minimum Gasteiger partial charge on any atom is -0.454 e. The number of ether oxygens (including phenoxy) is 2. The first kappa shape index (κ1) is 26.7. The molecule has 0 saturated carbocycles. The van der Waals surface area contributed by atoms with Crippen LogP contribution in [-0.4, -0.2) is 35.6 Å². The third kappa shape index (κ3) is 7.35. The van der Waals surface area contributed by atoms with Crippen molar-refractivity contribution in [2.75, 3.05) is 6.79 Å². The monoisotopic (exact) mass is 564 g/mol. The third-order valence-corrected chi connectivity index (χ3v) is 7.07. The number of halogens is 1. The highest BCUT2D eigenvalue weighted by Gasteiger charge is 2.31. The van der Waals surface area contributed by atoms with Gasteiger partial charge in [0.1, 0.15) is 6.04 Å². The average Bonchev–Trinajstić information content (AvgIpc) is 3.38. The maximum atomic E-state index is 13.8. The summed E-state index contributed by atoms with van der Waals surface area (Å²) in [5.74, 6) is 1.21. The second kappa shape index (κ2) is 12.8. The largest absolute Gasteiger partial charge is 0.454 e. The van der Waals surface area contributed by atoms with E-state index in [1.54, 1.807) is 4.90 Å². The van der Waals surface area contributed by atoms with Crippen LogP contribution in [0.15, 0.2) is 77.3 Å². The zero-order chi connectivity index (χ0) is 26.2. The number of carbonyl (C=O) groups is 2. The van der Waals surface area contributed by atoms with Gasteiger partial charge in [0, 0.05) is 29.9 Å². The lowest BCUT2D eigenvalue weighted by Gasteiger charge is -2.32. The number of nitrogens with one attached hydrogen (secondary N) is 1. The Kier molecular flexibility index (Phi) is 9.23. The van der Waals surface area contributed by atoms with E-state index in [1.165, 1.54) is 0 Å². The minimum atomic E-state index is -0.639. The number of hydrogen-bond donors (Lipinski definition) is 1. The van der Waals surface area contributed by atoms with Crippen LogP contribution in [0, 0.1) is 0 Å². The molecule has 2 atom stereocenters. The maximum absolute atomic E-state index is 13.8. The maximum Gasteiger partial charge on any atom is 0.243 e. The Labute approximate surface area is 227 Å². The van der Waals surface area contributed by atoms with Gasteiger partial charge in [0.15, 0.2) is 11.5 Å². The van der Waals surface area contributed by atoms with Crippen LogP contribution in [0.5, 0.6) is 11.5 Å². The second-order valence-corrected chi connectivity index (χ2v) is 10.3. The summed E-state index contributed by atoms with van der Waals surface area (Å²) in [5, 5.41) is 3.11. The molecule has 3 aromatic rings. The predicted octanol–water partition coefficient (Wildman–Crippen LogP) is 5.67. The van der Waals surface area contributed by atoms with E-state index in [-0.39, 0.29) is 31.1 Å². The summed E-state index contributed by atoms with van der Waals surface area (Å²) < 4.78 is 11.8. The van der Waals surface area contributed by atoms with E-state index in [0.29, 0.717) is 25.1 Å². The number of fused-ring (bicyclic) bond motifs is 1. The summed E-state index contributed by atoms with van der Waals surface area (Å²) in [6, 6.07) is 22.9. The average molecular weight is 566 g/mol. The molecule has 0 spiro atoms. The van der Waals surface area contributed by atoms with Gasteiger partial charge in [-0.2, -0.15) is 0 Å². The molecular weight excluding hydrogens is 532 g/mol. The molecule has 1 heterocycles. The van der Waals surface area contributed by atoms with Crippen molar-refractivity contribution >= 4 is 27.7 Å². The summed E-state index contributed by atoms with van der Waals surface area (Å²) in [7, 11) is 0. The molecule has 6 nitrogen and oxygen atoms in total. The van der Waals surface area contributed by atoms with Gasteiger partial charge in [-0.05, 0) is 60.7 Å². The molecule has 194 valence electrons. The van der Waals surface area contributed by atoms with Gasteiger partial charge < -0.3 is 19.7 Å². The van der Waals surface area contributed by atoms with Crippen molar-refractivity contribution in [3.05, 3.63) is 94.0 Å². The zero-order valence-corrected chi connectivity index (χ0v) is 22.9. The number of aryl methyl sites for hydroxylation is 1. The van der Waals surface area contributed by atoms with Crippen molar-refractivity contribution in [2.45, 2.75) is 58.2 Å². The topological polar surface area (TPSA) is 67.9 Å². The van der Waals surface area contributed by atoms with E-state index in [9.17, 15) is 9.59 Å². The van der Waals surface area contributed by atoms with Crippen molar-refractivity contribution in [1.82, 2.24) is 10.2 Å². The van der Waals surface area contributed by atoms with Crippen LogP contribution in [0.2, 0.25) is 0 Å². The lowest BCUT2D eigenvalue weighted by Crippen LogP contribution is -2.52. The van der Waals surface area contributed by atoms with Gasteiger partial charge >= 0.3 is 0 Å². The van der Waals surface area contributed by atoms with Gasteiger partial charge in [-0.1, -0.05) is 71.4 Å². The van der Waals surface area contributed by atoms with Crippen LogP contribution in [0.25, 0.3) is 0 Å².